The lowest BCUT2D eigenvalue weighted by Crippen LogP contribution is -2.49. The molecular weight excluding hydrogens is 334 g/mol. The molecule has 3 heterocycles. The fourth-order valence-electron chi connectivity index (χ4n) is 3.91. The normalized spacial score (nSPS) is 25.9. The molecule has 132 valence electrons. The van der Waals surface area contributed by atoms with Gasteiger partial charge in [0.25, 0.3) is 0 Å². The van der Waals surface area contributed by atoms with Gasteiger partial charge in [-0.3, -0.25) is 9.69 Å². The minimum atomic E-state index is -0.172. The molecular formula is C19H23N3O2S. The molecule has 1 saturated heterocycles. The molecule has 2 aromatic rings. The summed E-state index contributed by atoms with van der Waals surface area (Å²) in [4.78, 5) is 19.1. The first-order valence-electron chi connectivity index (χ1n) is 8.74. The number of carbonyl (C=O) groups excluding carboxylic acids is 1. The predicted molar refractivity (Wildman–Crippen MR) is 98.4 cm³/mol. The number of hydrogen-bond donors (Lipinski definition) is 1. The minimum absolute atomic E-state index is 0.0813. The molecule has 1 aromatic heterocycles. The third-order valence-electron chi connectivity index (χ3n) is 5.26. The van der Waals surface area contributed by atoms with Gasteiger partial charge in [0.15, 0.2) is 5.13 Å². The average Bonchev–Trinajstić information content (AvgIpc) is 3.16. The Labute approximate surface area is 152 Å². The fourth-order valence-corrected chi connectivity index (χ4v) is 4.79. The van der Waals surface area contributed by atoms with Crippen molar-refractivity contribution in [3.63, 3.8) is 0 Å². The van der Waals surface area contributed by atoms with E-state index >= 15 is 0 Å². The van der Waals surface area contributed by atoms with Crippen LogP contribution in [0.25, 0.3) is 0 Å². The number of nitrogens with one attached hydrogen (secondary N) is 1. The molecule has 25 heavy (non-hydrogen) atoms. The van der Waals surface area contributed by atoms with Gasteiger partial charge < -0.3 is 10.1 Å². The number of anilines is 1. The lowest BCUT2D eigenvalue weighted by atomic mass is 9.83. The summed E-state index contributed by atoms with van der Waals surface area (Å²) in [6.07, 6.45) is 4.06. The van der Waals surface area contributed by atoms with Crippen LogP contribution in [0.2, 0.25) is 0 Å². The van der Waals surface area contributed by atoms with E-state index in [2.05, 4.69) is 46.4 Å². The highest BCUT2D eigenvalue weighted by Crippen LogP contribution is 2.44. The Bertz CT molecular complexity index is 790. The van der Waals surface area contributed by atoms with Crippen molar-refractivity contribution < 1.29 is 9.53 Å². The topological polar surface area (TPSA) is 54.5 Å². The summed E-state index contributed by atoms with van der Waals surface area (Å²) in [6.45, 7) is 6.24. The lowest BCUT2D eigenvalue weighted by molar-refractivity contribution is -0.114. The van der Waals surface area contributed by atoms with Crippen molar-refractivity contribution in [2.75, 3.05) is 11.9 Å². The van der Waals surface area contributed by atoms with Crippen LogP contribution < -0.4 is 5.32 Å². The summed E-state index contributed by atoms with van der Waals surface area (Å²) in [7, 11) is 0. The standard InChI is InChI=1S/C19H23N3O2S/c1-13-7-8-19(17-6-4-3-5-15(17)11-24-19)12-22(13)10-16-9-20-18(25-16)21-14(2)23/h3-6,9,13H,7-8,10-12H2,1-2H3,(H,20,21,23). The number of carbonyl (C=O) groups is 1. The van der Waals surface area contributed by atoms with E-state index < -0.39 is 0 Å². The van der Waals surface area contributed by atoms with E-state index in [0.717, 1.165) is 25.9 Å². The van der Waals surface area contributed by atoms with Gasteiger partial charge in [-0.05, 0) is 30.9 Å². The van der Waals surface area contributed by atoms with E-state index in [0.29, 0.717) is 17.8 Å². The smallest absolute Gasteiger partial charge is 0.223 e. The molecule has 2 unspecified atom stereocenters. The third kappa shape index (κ3) is 3.21. The van der Waals surface area contributed by atoms with Crippen molar-refractivity contribution in [2.45, 2.75) is 51.5 Å². The summed E-state index contributed by atoms with van der Waals surface area (Å²) >= 11 is 1.55. The number of amides is 1. The second kappa shape index (κ2) is 6.52. The SMILES string of the molecule is CC(=O)Nc1ncc(CN2CC3(CCC2C)OCc2ccccc23)s1. The first-order chi connectivity index (χ1) is 12.1. The largest absolute Gasteiger partial charge is 0.364 e. The number of likely N-dealkylation sites (tertiary alicyclic amines) is 1. The Balaban J connectivity index is 1.52. The second-order valence-corrected chi connectivity index (χ2v) is 8.16. The van der Waals surface area contributed by atoms with Crippen LogP contribution in [0.4, 0.5) is 5.13 Å². The number of rotatable bonds is 3. The van der Waals surface area contributed by atoms with Gasteiger partial charge >= 0.3 is 0 Å². The van der Waals surface area contributed by atoms with Gasteiger partial charge in [-0.1, -0.05) is 24.3 Å². The van der Waals surface area contributed by atoms with Crippen molar-refractivity contribution in [3.8, 4) is 0 Å². The molecule has 1 spiro atoms. The van der Waals surface area contributed by atoms with Crippen LogP contribution in [0.15, 0.2) is 30.5 Å². The van der Waals surface area contributed by atoms with Gasteiger partial charge in [0.2, 0.25) is 5.91 Å². The summed E-state index contributed by atoms with van der Waals surface area (Å²) in [6, 6.07) is 9.10. The predicted octanol–water partition coefficient (Wildman–Crippen LogP) is 3.51. The van der Waals surface area contributed by atoms with Crippen LogP contribution in [0.5, 0.6) is 0 Å². The third-order valence-corrected chi connectivity index (χ3v) is 6.15. The average molecular weight is 357 g/mol. The highest BCUT2D eigenvalue weighted by atomic mass is 32.1. The van der Waals surface area contributed by atoms with Crippen LogP contribution in [0.1, 0.15) is 42.7 Å². The molecule has 4 rings (SSSR count). The Morgan fingerprint density at radius 2 is 2.32 bits per heavy atom. The number of hydrogen-bond acceptors (Lipinski definition) is 5. The number of benzene rings is 1. The Kier molecular flexibility index (Phi) is 4.35. The van der Waals surface area contributed by atoms with Gasteiger partial charge in [-0.15, -0.1) is 11.3 Å². The quantitative estimate of drug-likeness (QED) is 0.913. The zero-order valence-corrected chi connectivity index (χ0v) is 15.4. The number of ether oxygens (including phenoxy) is 1. The molecule has 2 atom stereocenters. The number of thiazole rings is 1. The molecule has 1 N–H and O–H groups in total. The van der Waals surface area contributed by atoms with Gasteiger partial charge in [0.1, 0.15) is 5.60 Å². The maximum atomic E-state index is 11.2. The van der Waals surface area contributed by atoms with E-state index in [-0.39, 0.29) is 11.5 Å². The van der Waals surface area contributed by atoms with Crippen molar-refractivity contribution in [3.05, 3.63) is 46.5 Å². The van der Waals surface area contributed by atoms with E-state index in [1.54, 1.807) is 11.3 Å². The Hall–Kier alpha value is -1.76. The van der Waals surface area contributed by atoms with Crippen molar-refractivity contribution in [1.29, 1.82) is 0 Å². The van der Waals surface area contributed by atoms with E-state index in [4.69, 9.17) is 4.74 Å². The first-order valence-corrected chi connectivity index (χ1v) is 9.56. The van der Waals surface area contributed by atoms with Gasteiger partial charge in [-0.25, -0.2) is 4.98 Å². The molecule has 1 fully saturated rings. The van der Waals surface area contributed by atoms with E-state index in [9.17, 15) is 4.79 Å². The zero-order valence-electron chi connectivity index (χ0n) is 14.6. The number of aromatic nitrogens is 1. The molecule has 1 amide bonds. The van der Waals surface area contributed by atoms with Crippen LogP contribution in [-0.2, 0) is 28.3 Å². The summed E-state index contributed by atoms with van der Waals surface area (Å²) in [5.41, 5.74) is 2.51. The fraction of sp³-hybridized carbons (Fsp3) is 0.474. The van der Waals surface area contributed by atoms with Crippen LogP contribution in [0, 0.1) is 0 Å². The van der Waals surface area contributed by atoms with Crippen LogP contribution >= 0.6 is 11.3 Å². The molecule has 0 bridgehead atoms. The van der Waals surface area contributed by atoms with Gasteiger partial charge in [0, 0.05) is 37.1 Å². The molecule has 0 saturated carbocycles. The lowest BCUT2D eigenvalue weighted by Gasteiger charge is -2.44. The molecule has 5 nitrogen and oxygen atoms in total. The monoisotopic (exact) mass is 357 g/mol. The maximum Gasteiger partial charge on any atom is 0.223 e. The van der Waals surface area contributed by atoms with Crippen molar-refractivity contribution >= 4 is 22.4 Å². The van der Waals surface area contributed by atoms with E-state index in [1.165, 1.54) is 22.9 Å². The summed E-state index contributed by atoms with van der Waals surface area (Å²) in [5.74, 6) is -0.0813. The van der Waals surface area contributed by atoms with Crippen molar-refractivity contribution in [1.82, 2.24) is 9.88 Å². The van der Waals surface area contributed by atoms with Crippen LogP contribution in [0.3, 0.4) is 0 Å². The minimum Gasteiger partial charge on any atom is -0.364 e. The highest BCUT2D eigenvalue weighted by Gasteiger charge is 2.45. The highest BCUT2D eigenvalue weighted by molar-refractivity contribution is 7.15. The molecule has 0 aliphatic carbocycles. The van der Waals surface area contributed by atoms with Gasteiger partial charge in [-0.2, -0.15) is 0 Å². The molecule has 6 heteroatoms. The molecule has 0 radical (unpaired) electrons. The molecule has 2 aliphatic rings. The Morgan fingerprint density at radius 3 is 3.16 bits per heavy atom. The van der Waals surface area contributed by atoms with Crippen LogP contribution in [-0.4, -0.2) is 28.4 Å². The number of nitrogens with zero attached hydrogens (tertiary/aromatic N) is 2. The Morgan fingerprint density at radius 1 is 1.48 bits per heavy atom. The van der Waals surface area contributed by atoms with Gasteiger partial charge in [0.05, 0.1) is 6.61 Å². The summed E-state index contributed by atoms with van der Waals surface area (Å²) in [5, 5.41) is 3.43. The maximum absolute atomic E-state index is 11.2. The van der Waals surface area contributed by atoms with E-state index in [1.807, 2.05) is 6.20 Å². The van der Waals surface area contributed by atoms with Crippen molar-refractivity contribution in [2.24, 2.45) is 0 Å². The zero-order chi connectivity index (χ0) is 17.4. The number of piperidine rings is 1. The molecule has 2 aliphatic heterocycles. The number of fused-ring (bicyclic) bond motifs is 2. The summed E-state index contributed by atoms with van der Waals surface area (Å²) < 4.78 is 6.32. The first kappa shape index (κ1) is 16.7. The second-order valence-electron chi connectivity index (χ2n) is 7.05. The molecule has 1 aromatic carbocycles.